The molecule has 0 aliphatic heterocycles. The Kier molecular flexibility index (Phi) is 2.75. The summed E-state index contributed by atoms with van der Waals surface area (Å²) in [6, 6.07) is 1.82. The van der Waals surface area contributed by atoms with Crippen molar-refractivity contribution in [3.63, 3.8) is 0 Å². The molecule has 0 saturated carbocycles. The van der Waals surface area contributed by atoms with Crippen LogP contribution in [0.25, 0.3) is 0 Å². The van der Waals surface area contributed by atoms with Gasteiger partial charge in [-0.2, -0.15) is 5.10 Å². The van der Waals surface area contributed by atoms with Crippen LogP contribution < -0.4 is 5.73 Å². The quantitative estimate of drug-likeness (QED) is 0.827. The topological polar surface area (TPSA) is 56.7 Å². The first-order valence-corrected chi connectivity index (χ1v) is 5.26. The van der Waals surface area contributed by atoms with Gasteiger partial charge in [0.2, 0.25) is 0 Å². The van der Waals surface area contributed by atoms with Gasteiger partial charge in [-0.25, -0.2) is 0 Å². The lowest BCUT2D eigenvalue weighted by molar-refractivity contribution is 0.733. The first kappa shape index (κ1) is 10.8. The van der Waals surface area contributed by atoms with E-state index in [1.54, 1.807) is 6.20 Å². The van der Waals surface area contributed by atoms with Crippen LogP contribution in [0.4, 0.5) is 0 Å². The Morgan fingerprint density at radius 3 is 2.56 bits per heavy atom. The average Bonchev–Trinajstić information content (AvgIpc) is 2.60. The summed E-state index contributed by atoms with van der Waals surface area (Å²) in [7, 11) is 1.92. The molecule has 4 heteroatoms. The largest absolute Gasteiger partial charge is 0.320 e. The fraction of sp³-hybridized carbons (Fsp3) is 0.333. The van der Waals surface area contributed by atoms with Crippen LogP contribution >= 0.6 is 0 Å². The first-order valence-electron chi connectivity index (χ1n) is 5.26. The van der Waals surface area contributed by atoms with E-state index >= 15 is 0 Å². The van der Waals surface area contributed by atoms with Crippen LogP contribution in [0.5, 0.6) is 0 Å². The molecule has 2 heterocycles. The van der Waals surface area contributed by atoms with Crippen molar-refractivity contribution in [3.05, 3.63) is 47.0 Å². The van der Waals surface area contributed by atoms with Gasteiger partial charge >= 0.3 is 0 Å². The van der Waals surface area contributed by atoms with Gasteiger partial charge in [-0.1, -0.05) is 0 Å². The number of hydrogen-bond acceptors (Lipinski definition) is 3. The molecular formula is C12H16N4. The number of aryl methyl sites for hydroxylation is 2. The van der Waals surface area contributed by atoms with Crippen LogP contribution in [0.3, 0.4) is 0 Å². The average molecular weight is 216 g/mol. The summed E-state index contributed by atoms with van der Waals surface area (Å²) in [5.74, 6) is 0. The second-order valence-corrected chi connectivity index (χ2v) is 4.02. The van der Waals surface area contributed by atoms with Crippen LogP contribution in [0.15, 0.2) is 24.7 Å². The summed E-state index contributed by atoms with van der Waals surface area (Å²) in [6.45, 7) is 4.07. The molecule has 2 rings (SSSR count). The maximum absolute atomic E-state index is 6.24. The highest BCUT2D eigenvalue weighted by Crippen LogP contribution is 2.23. The maximum atomic E-state index is 6.24. The second-order valence-electron chi connectivity index (χ2n) is 4.02. The highest BCUT2D eigenvalue weighted by atomic mass is 15.3. The minimum atomic E-state index is -0.151. The molecule has 0 bridgehead atoms. The standard InChI is InChI=1S/C12H16N4/c1-8-4-5-14-6-10(8)12(13)11-7-15-16(3)9(11)2/h4-7,12H,13H2,1-3H3. The van der Waals surface area contributed by atoms with Crippen molar-refractivity contribution in [1.29, 1.82) is 0 Å². The molecule has 4 nitrogen and oxygen atoms in total. The van der Waals surface area contributed by atoms with Crippen molar-refractivity contribution in [2.75, 3.05) is 0 Å². The molecule has 2 aromatic rings. The predicted octanol–water partition coefficient (Wildman–Crippen LogP) is 1.48. The number of nitrogens with two attached hydrogens (primary N) is 1. The van der Waals surface area contributed by atoms with Gasteiger partial charge in [0.05, 0.1) is 12.2 Å². The fourth-order valence-electron chi connectivity index (χ4n) is 1.79. The molecule has 0 radical (unpaired) electrons. The van der Waals surface area contributed by atoms with E-state index in [1.165, 1.54) is 0 Å². The van der Waals surface area contributed by atoms with Crippen LogP contribution in [0.2, 0.25) is 0 Å². The second kappa shape index (κ2) is 4.06. The van der Waals surface area contributed by atoms with Crippen LogP contribution in [0, 0.1) is 13.8 Å². The Balaban J connectivity index is 2.43. The molecule has 0 amide bonds. The molecule has 84 valence electrons. The molecular weight excluding hydrogens is 200 g/mol. The van der Waals surface area contributed by atoms with E-state index < -0.39 is 0 Å². The molecule has 16 heavy (non-hydrogen) atoms. The zero-order valence-corrected chi connectivity index (χ0v) is 9.81. The summed E-state index contributed by atoms with van der Waals surface area (Å²) < 4.78 is 1.83. The van der Waals surface area contributed by atoms with E-state index in [0.29, 0.717) is 0 Å². The summed E-state index contributed by atoms with van der Waals surface area (Å²) in [6.07, 6.45) is 5.43. The van der Waals surface area contributed by atoms with Crippen LogP contribution in [-0.4, -0.2) is 14.8 Å². The van der Waals surface area contributed by atoms with Gasteiger partial charge in [-0.3, -0.25) is 9.67 Å². The Bertz CT molecular complexity index is 501. The molecule has 0 aliphatic carbocycles. The fourth-order valence-corrected chi connectivity index (χ4v) is 1.79. The lowest BCUT2D eigenvalue weighted by Gasteiger charge is -2.13. The van der Waals surface area contributed by atoms with Crippen molar-refractivity contribution in [1.82, 2.24) is 14.8 Å². The third-order valence-electron chi connectivity index (χ3n) is 3.02. The third-order valence-corrected chi connectivity index (χ3v) is 3.02. The van der Waals surface area contributed by atoms with Gasteiger partial charge in [0.25, 0.3) is 0 Å². The minimum absolute atomic E-state index is 0.151. The number of rotatable bonds is 2. The van der Waals surface area contributed by atoms with Crippen LogP contribution in [-0.2, 0) is 7.05 Å². The molecule has 0 spiro atoms. The molecule has 2 aromatic heterocycles. The van der Waals surface area contributed by atoms with E-state index in [4.69, 9.17) is 5.73 Å². The summed E-state index contributed by atoms with van der Waals surface area (Å²) in [5.41, 5.74) is 10.6. The SMILES string of the molecule is Cc1ccncc1C(N)c1cnn(C)c1C. The summed E-state index contributed by atoms with van der Waals surface area (Å²) in [5, 5.41) is 4.21. The lowest BCUT2D eigenvalue weighted by atomic mass is 9.98. The van der Waals surface area contributed by atoms with Crippen molar-refractivity contribution < 1.29 is 0 Å². The minimum Gasteiger partial charge on any atom is -0.320 e. The lowest BCUT2D eigenvalue weighted by Crippen LogP contribution is -2.14. The van der Waals surface area contributed by atoms with E-state index in [9.17, 15) is 0 Å². The number of aromatic nitrogens is 3. The highest BCUT2D eigenvalue weighted by molar-refractivity contribution is 5.35. The highest BCUT2D eigenvalue weighted by Gasteiger charge is 2.16. The smallest absolute Gasteiger partial charge is 0.0603 e. The summed E-state index contributed by atoms with van der Waals surface area (Å²) in [4.78, 5) is 4.12. The Labute approximate surface area is 95.1 Å². The molecule has 2 N–H and O–H groups in total. The van der Waals surface area contributed by atoms with Gasteiger partial charge in [0.1, 0.15) is 0 Å². The molecule has 0 aliphatic rings. The zero-order chi connectivity index (χ0) is 11.7. The molecule has 0 fully saturated rings. The third kappa shape index (κ3) is 1.72. The van der Waals surface area contributed by atoms with Crippen molar-refractivity contribution in [2.45, 2.75) is 19.9 Å². The van der Waals surface area contributed by atoms with Crippen LogP contribution in [0.1, 0.15) is 28.4 Å². The number of hydrogen-bond donors (Lipinski definition) is 1. The van der Waals surface area contributed by atoms with E-state index in [0.717, 1.165) is 22.4 Å². The molecule has 0 saturated heterocycles. The maximum Gasteiger partial charge on any atom is 0.0603 e. The van der Waals surface area contributed by atoms with Gasteiger partial charge in [0, 0.05) is 30.7 Å². The molecule has 1 atom stereocenters. The summed E-state index contributed by atoms with van der Waals surface area (Å²) >= 11 is 0. The molecule has 0 aromatic carbocycles. The normalized spacial score (nSPS) is 12.8. The van der Waals surface area contributed by atoms with E-state index in [-0.39, 0.29) is 6.04 Å². The Hall–Kier alpha value is -1.68. The van der Waals surface area contributed by atoms with Gasteiger partial charge in [-0.05, 0) is 31.0 Å². The van der Waals surface area contributed by atoms with Crippen molar-refractivity contribution in [2.24, 2.45) is 12.8 Å². The predicted molar refractivity (Wildman–Crippen MR) is 62.9 cm³/mol. The van der Waals surface area contributed by atoms with Gasteiger partial charge in [0.15, 0.2) is 0 Å². The Morgan fingerprint density at radius 1 is 1.25 bits per heavy atom. The van der Waals surface area contributed by atoms with Gasteiger partial charge in [-0.15, -0.1) is 0 Å². The molecule has 1 unspecified atom stereocenters. The Morgan fingerprint density at radius 2 is 2.00 bits per heavy atom. The zero-order valence-electron chi connectivity index (χ0n) is 9.81. The van der Waals surface area contributed by atoms with E-state index in [1.807, 2.05) is 44.0 Å². The van der Waals surface area contributed by atoms with Crippen molar-refractivity contribution >= 4 is 0 Å². The van der Waals surface area contributed by atoms with Crippen molar-refractivity contribution in [3.8, 4) is 0 Å². The number of nitrogens with zero attached hydrogens (tertiary/aromatic N) is 3. The number of pyridine rings is 1. The monoisotopic (exact) mass is 216 g/mol. The van der Waals surface area contributed by atoms with E-state index in [2.05, 4.69) is 10.1 Å². The first-order chi connectivity index (χ1) is 7.61. The van der Waals surface area contributed by atoms with Gasteiger partial charge < -0.3 is 5.73 Å².